The molecule has 4 radical (unpaired) electrons. The van der Waals surface area contributed by atoms with Crippen molar-refractivity contribution >= 4 is 70.2 Å². The maximum atomic E-state index is 10.0. The van der Waals surface area contributed by atoms with E-state index >= 15 is 0 Å². The van der Waals surface area contributed by atoms with Crippen molar-refractivity contribution in [3.8, 4) is 43.7 Å². The SMILES string of the molecule is CC(=O)C=C(C)O.Cc1cc[c-]c(-c2nccc3ccccc23)c1.[Ir].[Ir].[Ir].[Ir].[c-]1c(-c2ccccn2)sc2ccccc12.[c-]1c(-c2ccccn2)sc2ccccc12.[c-]1ccccc1-c1nccc2ccccc12. The molecular formula is C62H46Ir4N4O2S2-4. The van der Waals surface area contributed by atoms with Crippen LogP contribution in [0.4, 0.5) is 0 Å². The number of carbonyl (C=O) groups is 1. The number of thiophene rings is 2. The number of hydrogen-bond donors (Lipinski definition) is 1. The molecule has 74 heavy (non-hydrogen) atoms. The van der Waals surface area contributed by atoms with E-state index in [0.717, 1.165) is 43.7 Å². The monoisotopic (exact) mass is 1710 g/mol. The van der Waals surface area contributed by atoms with Crippen LogP contribution in [0, 0.1) is 31.2 Å². The molecule has 6 nitrogen and oxygen atoms in total. The van der Waals surface area contributed by atoms with Gasteiger partial charge < -0.3 is 25.0 Å². The topological polar surface area (TPSA) is 88.9 Å². The Balaban J connectivity index is 0.000000202. The first-order valence-electron chi connectivity index (χ1n) is 22.4. The third-order valence-electron chi connectivity index (χ3n) is 10.4. The first-order chi connectivity index (χ1) is 34.3. The van der Waals surface area contributed by atoms with Gasteiger partial charge in [-0.05, 0) is 90.2 Å². The van der Waals surface area contributed by atoms with Crippen LogP contribution >= 0.6 is 22.7 Å². The predicted molar refractivity (Wildman–Crippen MR) is 292 cm³/mol. The van der Waals surface area contributed by atoms with E-state index in [0.29, 0.717) is 0 Å². The largest absolute Gasteiger partial charge is 0.512 e. The molecule has 1 N–H and O–H groups in total. The van der Waals surface area contributed by atoms with Crippen LogP contribution in [0.1, 0.15) is 19.4 Å². The fourth-order valence-electron chi connectivity index (χ4n) is 7.28. The molecule has 0 atom stereocenters. The molecule has 0 saturated carbocycles. The van der Waals surface area contributed by atoms with Gasteiger partial charge in [0.05, 0.1) is 5.76 Å². The summed E-state index contributed by atoms with van der Waals surface area (Å²) < 4.78 is 2.52. The number of pyridine rings is 4. The summed E-state index contributed by atoms with van der Waals surface area (Å²) in [6.45, 7) is 4.93. The second-order valence-electron chi connectivity index (χ2n) is 15.7. The number of aryl methyl sites for hydroxylation is 1. The van der Waals surface area contributed by atoms with Crippen LogP contribution in [0.5, 0.6) is 0 Å². The summed E-state index contributed by atoms with van der Waals surface area (Å²) in [6, 6.07) is 76.4. The Morgan fingerprint density at radius 3 is 1.38 bits per heavy atom. The van der Waals surface area contributed by atoms with E-state index in [9.17, 15) is 4.79 Å². The Bertz CT molecular complexity index is 3460. The van der Waals surface area contributed by atoms with Crippen molar-refractivity contribution in [3.05, 3.63) is 255 Å². The van der Waals surface area contributed by atoms with Gasteiger partial charge in [0.2, 0.25) is 0 Å². The first-order valence-corrected chi connectivity index (χ1v) is 24.1. The van der Waals surface area contributed by atoms with Gasteiger partial charge in [-0.1, -0.05) is 104 Å². The molecule has 0 unspecified atom stereocenters. The van der Waals surface area contributed by atoms with Crippen molar-refractivity contribution in [3.63, 3.8) is 0 Å². The van der Waals surface area contributed by atoms with Crippen LogP contribution in [0.2, 0.25) is 0 Å². The van der Waals surface area contributed by atoms with Crippen molar-refractivity contribution in [1.29, 1.82) is 0 Å². The number of aromatic nitrogens is 4. The number of aliphatic hydroxyl groups is 1. The van der Waals surface area contributed by atoms with E-state index < -0.39 is 0 Å². The molecule has 378 valence electrons. The molecule has 6 heterocycles. The fourth-order valence-corrected chi connectivity index (χ4v) is 9.24. The third kappa shape index (κ3) is 17.1. The molecule has 0 amide bonds. The molecule has 0 aliphatic rings. The number of allylic oxidation sites excluding steroid dienone is 2. The van der Waals surface area contributed by atoms with Crippen LogP contribution in [-0.4, -0.2) is 30.8 Å². The van der Waals surface area contributed by atoms with Crippen LogP contribution in [0.25, 0.3) is 85.4 Å². The maximum absolute atomic E-state index is 10.0. The zero-order chi connectivity index (χ0) is 48.5. The number of carbonyl (C=O) groups excluding carboxylic acids is 1. The predicted octanol–water partition coefficient (Wildman–Crippen LogP) is 16.3. The number of benzene rings is 6. The first kappa shape index (κ1) is 60.7. The molecule has 0 aliphatic carbocycles. The quantitative estimate of drug-likeness (QED) is 0.105. The Hall–Kier alpha value is -5.83. The Morgan fingerprint density at radius 1 is 0.486 bits per heavy atom. The van der Waals surface area contributed by atoms with Gasteiger partial charge in [0.15, 0.2) is 5.78 Å². The number of fused-ring (bicyclic) bond motifs is 4. The molecule has 0 saturated heterocycles. The van der Waals surface area contributed by atoms with Crippen LogP contribution in [0.3, 0.4) is 0 Å². The standard InChI is InChI=1S/C16H12N.C15H10N.2C13H8NS.C5H8O2.4Ir/c1-12-5-4-7-14(11-12)16-15-8-3-2-6-13(15)9-10-17-16;1-2-7-13(8-3-1)15-14-9-5-4-6-12(14)10-11-16-15;2*1-2-7-12-10(5-1)9-13(15-12)11-6-3-4-8-14-11;1-4(6)3-5(2)7;;;;/h2-6,8-11H,1H3;1-7,9-11H;2*1-8H;3,6H,1-2H3;;;;/q4*-1;;;;;. The zero-order valence-electron chi connectivity index (χ0n) is 40.1. The minimum atomic E-state index is -0.125. The second-order valence-corrected chi connectivity index (χ2v) is 17.9. The summed E-state index contributed by atoms with van der Waals surface area (Å²) >= 11 is 3.46. The molecule has 12 heteroatoms. The van der Waals surface area contributed by atoms with Crippen molar-refractivity contribution in [2.24, 2.45) is 0 Å². The molecule has 12 rings (SSSR count). The minimum absolute atomic E-state index is 0. The molecule has 0 spiro atoms. The second kappa shape index (κ2) is 31.1. The van der Waals surface area contributed by atoms with Crippen molar-refractivity contribution in [2.75, 3.05) is 0 Å². The van der Waals surface area contributed by atoms with Gasteiger partial charge in [-0.2, -0.15) is 0 Å². The van der Waals surface area contributed by atoms with Gasteiger partial charge >= 0.3 is 0 Å². The summed E-state index contributed by atoms with van der Waals surface area (Å²) in [5, 5.41) is 15.5. The van der Waals surface area contributed by atoms with Gasteiger partial charge in [0.1, 0.15) is 0 Å². The zero-order valence-corrected chi connectivity index (χ0v) is 51.3. The van der Waals surface area contributed by atoms with E-state index in [1.54, 1.807) is 22.7 Å². The number of ketones is 1. The number of hydrogen-bond acceptors (Lipinski definition) is 8. The van der Waals surface area contributed by atoms with Crippen LogP contribution in [0.15, 0.2) is 225 Å². The van der Waals surface area contributed by atoms with Crippen molar-refractivity contribution in [2.45, 2.75) is 20.8 Å². The summed E-state index contributed by atoms with van der Waals surface area (Å²) in [4.78, 5) is 29.8. The van der Waals surface area contributed by atoms with E-state index in [4.69, 9.17) is 5.11 Å². The fraction of sp³-hybridized carbons (Fsp3) is 0.0484. The van der Waals surface area contributed by atoms with E-state index in [2.05, 4.69) is 124 Å². The smallest absolute Gasteiger partial charge is 0.155 e. The van der Waals surface area contributed by atoms with Crippen molar-refractivity contribution < 1.29 is 90.3 Å². The maximum Gasteiger partial charge on any atom is 0.155 e. The van der Waals surface area contributed by atoms with Gasteiger partial charge in [-0.25, -0.2) is 22.7 Å². The molecule has 0 aliphatic heterocycles. The molecular weight excluding hydrogens is 1670 g/mol. The summed E-state index contributed by atoms with van der Waals surface area (Å²) in [5.41, 5.74) is 7.33. The number of aliphatic hydroxyl groups excluding tert-OH is 1. The Kier molecular flexibility index (Phi) is 25.6. The van der Waals surface area contributed by atoms with E-state index in [1.807, 2.05) is 140 Å². The van der Waals surface area contributed by atoms with Gasteiger partial charge in [-0.3, -0.25) is 4.79 Å². The number of nitrogens with zero attached hydrogens (tertiary/aromatic N) is 4. The molecule has 6 aromatic carbocycles. The third-order valence-corrected chi connectivity index (χ3v) is 12.6. The van der Waals surface area contributed by atoms with Crippen LogP contribution in [-0.2, 0) is 85.2 Å². The van der Waals surface area contributed by atoms with Gasteiger partial charge in [0.25, 0.3) is 0 Å². The van der Waals surface area contributed by atoms with Gasteiger partial charge in [0, 0.05) is 123 Å². The average Bonchev–Trinajstić information content (AvgIpc) is 4.05. The molecule has 0 bridgehead atoms. The summed E-state index contributed by atoms with van der Waals surface area (Å²) in [5.74, 6) is -0.0625. The van der Waals surface area contributed by atoms with E-state index in [1.165, 1.54) is 67.2 Å². The molecule has 12 aromatic rings. The Morgan fingerprint density at radius 2 is 0.946 bits per heavy atom. The summed E-state index contributed by atoms with van der Waals surface area (Å²) in [7, 11) is 0. The van der Waals surface area contributed by atoms with Crippen LogP contribution < -0.4 is 0 Å². The average molecular weight is 1710 g/mol. The number of rotatable bonds is 5. The van der Waals surface area contributed by atoms with Gasteiger partial charge in [-0.15, -0.1) is 118 Å². The Labute approximate surface area is 494 Å². The summed E-state index contributed by atoms with van der Waals surface area (Å²) in [6.07, 6.45) is 8.49. The molecule has 6 aromatic heterocycles. The normalized spacial score (nSPS) is 10.1. The van der Waals surface area contributed by atoms with E-state index in [-0.39, 0.29) is 92.0 Å². The van der Waals surface area contributed by atoms with Crippen molar-refractivity contribution in [1.82, 2.24) is 19.9 Å². The minimum Gasteiger partial charge on any atom is -0.512 e. The molecule has 0 fully saturated rings.